The Balaban J connectivity index is 1.99. The minimum Gasteiger partial charge on any atom is -0.381 e. The molecule has 3 rings (SSSR count). The molecule has 0 amide bonds. The third kappa shape index (κ3) is 2.00. The summed E-state index contributed by atoms with van der Waals surface area (Å²) in [6.07, 6.45) is -0.893. The standard InChI is InChI=1S/C12H16FN3O4/c1-5-7-8(20-12(2,3)19-7)10(18-5)16-4-6(13)9(14)15-11(16)17/h4-5,7-8,10H,1-3H3,(H2,14,15,17)/t5-,7?,8+,10-/m0/s1. The normalized spacial score (nSPS) is 35.2. The first kappa shape index (κ1) is 13.5. The van der Waals surface area contributed by atoms with Crippen molar-refractivity contribution in [1.29, 1.82) is 0 Å². The van der Waals surface area contributed by atoms with Crippen molar-refractivity contribution in [2.75, 3.05) is 5.73 Å². The maximum atomic E-state index is 13.5. The summed E-state index contributed by atoms with van der Waals surface area (Å²) in [5, 5.41) is 0. The van der Waals surface area contributed by atoms with Gasteiger partial charge in [-0.2, -0.15) is 4.98 Å². The summed E-state index contributed by atoms with van der Waals surface area (Å²) in [6.45, 7) is 5.37. The van der Waals surface area contributed by atoms with E-state index in [1.54, 1.807) is 13.8 Å². The molecule has 1 aromatic heterocycles. The highest BCUT2D eigenvalue weighted by Gasteiger charge is 2.54. The lowest BCUT2D eigenvalue weighted by Gasteiger charge is -2.23. The van der Waals surface area contributed by atoms with E-state index in [4.69, 9.17) is 19.9 Å². The molecule has 3 heterocycles. The Morgan fingerprint density at radius 1 is 1.40 bits per heavy atom. The van der Waals surface area contributed by atoms with Crippen molar-refractivity contribution in [3.05, 3.63) is 22.5 Å². The van der Waals surface area contributed by atoms with Crippen LogP contribution in [0.25, 0.3) is 0 Å². The van der Waals surface area contributed by atoms with Gasteiger partial charge < -0.3 is 19.9 Å². The fraction of sp³-hybridized carbons (Fsp3) is 0.667. The van der Waals surface area contributed by atoms with Gasteiger partial charge in [0.1, 0.15) is 12.2 Å². The Morgan fingerprint density at radius 3 is 2.75 bits per heavy atom. The molecule has 20 heavy (non-hydrogen) atoms. The third-order valence-corrected chi connectivity index (χ3v) is 3.47. The highest BCUT2D eigenvalue weighted by Crippen LogP contribution is 2.42. The van der Waals surface area contributed by atoms with E-state index < -0.39 is 35.4 Å². The quantitative estimate of drug-likeness (QED) is 0.803. The molecule has 1 aromatic rings. The molecular weight excluding hydrogens is 269 g/mol. The minimum absolute atomic E-state index is 0.278. The van der Waals surface area contributed by atoms with Gasteiger partial charge in [0.05, 0.1) is 12.3 Å². The summed E-state index contributed by atoms with van der Waals surface area (Å²) in [6, 6.07) is 0. The lowest BCUT2D eigenvalue weighted by atomic mass is 10.1. The number of fused-ring (bicyclic) bond motifs is 1. The molecule has 8 heteroatoms. The first-order valence-corrected chi connectivity index (χ1v) is 6.34. The van der Waals surface area contributed by atoms with Gasteiger partial charge in [0.2, 0.25) is 0 Å². The molecule has 0 spiro atoms. The highest BCUT2D eigenvalue weighted by molar-refractivity contribution is 5.26. The van der Waals surface area contributed by atoms with Crippen LogP contribution >= 0.6 is 0 Å². The topological polar surface area (TPSA) is 88.6 Å². The predicted molar refractivity (Wildman–Crippen MR) is 66.3 cm³/mol. The molecule has 2 fully saturated rings. The second-order valence-corrected chi connectivity index (χ2v) is 5.46. The number of hydrogen-bond donors (Lipinski definition) is 1. The molecule has 2 aliphatic heterocycles. The molecule has 7 nitrogen and oxygen atoms in total. The molecular formula is C12H16FN3O4. The van der Waals surface area contributed by atoms with E-state index in [1.807, 2.05) is 6.92 Å². The van der Waals surface area contributed by atoms with Crippen LogP contribution in [0.15, 0.2) is 11.0 Å². The predicted octanol–water partition coefficient (Wildman–Crippen LogP) is 0.402. The Hall–Kier alpha value is -1.51. The maximum Gasteiger partial charge on any atom is 0.351 e. The van der Waals surface area contributed by atoms with Crippen LogP contribution in [0.3, 0.4) is 0 Å². The van der Waals surface area contributed by atoms with Crippen LogP contribution in [0.1, 0.15) is 27.0 Å². The Kier molecular flexibility index (Phi) is 2.86. The fourth-order valence-electron chi connectivity index (χ4n) is 2.64. The average molecular weight is 285 g/mol. The van der Waals surface area contributed by atoms with Crippen molar-refractivity contribution >= 4 is 5.82 Å². The average Bonchev–Trinajstić information content (AvgIpc) is 2.80. The number of halogens is 1. The van der Waals surface area contributed by atoms with E-state index >= 15 is 0 Å². The smallest absolute Gasteiger partial charge is 0.351 e. The van der Waals surface area contributed by atoms with Crippen LogP contribution in [-0.4, -0.2) is 33.7 Å². The third-order valence-electron chi connectivity index (χ3n) is 3.47. The number of aromatic nitrogens is 2. The van der Waals surface area contributed by atoms with Crippen molar-refractivity contribution in [3.8, 4) is 0 Å². The van der Waals surface area contributed by atoms with Crippen LogP contribution in [0, 0.1) is 5.82 Å². The van der Waals surface area contributed by atoms with E-state index in [9.17, 15) is 9.18 Å². The van der Waals surface area contributed by atoms with Crippen molar-refractivity contribution in [1.82, 2.24) is 9.55 Å². The second kappa shape index (κ2) is 4.24. The van der Waals surface area contributed by atoms with Crippen LogP contribution in [0.2, 0.25) is 0 Å². The van der Waals surface area contributed by atoms with Crippen molar-refractivity contribution in [2.45, 2.75) is 51.1 Å². The Labute approximate surface area is 114 Å². The Bertz CT molecular complexity index is 603. The number of hydrogen-bond acceptors (Lipinski definition) is 6. The van der Waals surface area contributed by atoms with Crippen molar-refractivity contribution in [2.24, 2.45) is 0 Å². The summed E-state index contributed by atoms with van der Waals surface area (Å²) >= 11 is 0. The number of anilines is 1. The summed E-state index contributed by atoms with van der Waals surface area (Å²) < 4.78 is 31.7. The maximum absolute atomic E-state index is 13.5. The van der Waals surface area contributed by atoms with Gasteiger partial charge >= 0.3 is 5.69 Å². The second-order valence-electron chi connectivity index (χ2n) is 5.46. The number of ether oxygens (including phenoxy) is 3. The molecule has 0 aliphatic carbocycles. The molecule has 4 atom stereocenters. The fourth-order valence-corrected chi connectivity index (χ4v) is 2.64. The van der Waals surface area contributed by atoms with E-state index in [1.165, 1.54) is 0 Å². The van der Waals surface area contributed by atoms with Gasteiger partial charge in [0.15, 0.2) is 23.7 Å². The summed E-state index contributed by atoms with van der Waals surface area (Å²) in [7, 11) is 0. The minimum atomic E-state index is -0.785. The van der Waals surface area contributed by atoms with Gasteiger partial charge in [0, 0.05) is 0 Å². The number of rotatable bonds is 1. The van der Waals surface area contributed by atoms with Gasteiger partial charge in [-0.3, -0.25) is 4.57 Å². The summed E-state index contributed by atoms with van der Waals surface area (Å²) in [5.74, 6) is -1.98. The Morgan fingerprint density at radius 2 is 2.05 bits per heavy atom. The van der Waals surface area contributed by atoms with Crippen molar-refractivity contribution < 1.29 is 18.6 Å². The molecule has 0 saturated carbocycles. The summed E-state index contributed by atoms with van der Waals surface area (Å²) in [5.41, 5.74) is 4.58. The van der Waals surface area contributed by atoms with Gasteiger partial charge in [-0.05, 0) is 20.8 Å². The van der Waals surface area contributed by atoms with E-state index in [0.717, 1.165) is 10.8 Å². The number of nitrogens with zero attached hydrogens (tertiary/aromatic N) is 2. The van der Waals surface area contributed by atoms with Gasteiger partial charge in [-0.15, -0.1) is 0 Å². The first-order valence-electron chi connectivity index (χ1n) is 6.34. The van der Waals surface area contributed by atoms with Crippen LogP contribution < -0.4 is 11.4 Å². The van der Waals surface area contributed by atoms with Gasteiger partial charge in [0.25, 0.3) is 0 Å². The van der Waals surface area contributed by atoms with Gasteiger partial charge in [-0.1, -0.05) is 0 Å². The largest absolute Gasteiger partial charge is 0.381 e. The molecule has 2 N–H and O–H groups in total. The van der Waals surface area contributed by atoms with Crippen molar-refractivity contribution in [3.63, 3.8) is 0 Å². The monoisotopic (exact) mass is 285 g/mol. The molecule has 110 valence electrons. The van der Waals surface area contributed by atoms with E-state index in [0.29, 0.717) is 0 Å². The SMILES string of the molecule is C[C@@H]1O[C@H](n2cc(F)c(N)nc2=O)[C@@H]2OC(C)(C)OC12. The van der Waals surface area contributed by atoms with E-state index in [2.05, 4.69) is 4.98 Å². The van der Waals surface area contributed by atoms with Gasteiger partial charge in [-0.25, -0.2) is 9.18 Å². The first-order chi connectivity index (χ1) is 9.28. The van der Waals surface area contributed by atoms with E-state index in [-0.39, 0.29) is 12.2 Å². The lowest BCUT2D eigenvalue weighted by molar-refractivity contribution is -0.195. The number of nitrogen functional groups attached to an aromatic ring is 1. The molecule has 1 unspecified atom stereocenters. The molecule has 0 aromatic carbocycles. The molecule has 2 saturated heterocycles. The zero-order chi connectivity index (χ0) is 14.7. The molecule has 0 radical (unpaired) electrons. The van der Waals surface area contributed by atoms with Crippen LogP contribution in [0.5, 0.6) is 0 Å². The molecule has 0 bridgehead atoms. The van der Waals surface area contributed by atoms with Crippen LogP contribution in [0.4, 0.5) is 10.2 Å². The van der Waals surface area contributed by atoms with Crippen LogP contribution in [-0.2, 0) is 14.2 Å². The number of nitrogens with two attached hydrogens (primary N) is 1. The lowest BCUT2D eigenvalue weighted by Crippen LogP contribution is -2.35. The highest BCUT2D eigenvalue weighted by atomic mass is 19.1. The zero-order valence-electron chi connectivity index (χ0n) is 11.4. The molecule has 2 aliphatic rings. The zero-order valence-corrected chi connectivity index (χ0v) is 11.4. The summed E-state index contributed by atoms with van der Waals surface area (Å²) in [4.78, 5) is 15.3.